The first kappa shape index (κ1) is 11.2. The van der Waals surface area contributed by atoms with Gasteiger partial charge in [0.1, 0.15) is 0 Å². The lowest BCUT2D eigenvalue weighted by Crippen LogP contribution is -2.17. The highest BCUT2D eigenvalue weighted by Crippen LogP contribution is 2.37. The van der Waals surface area contributed by atoms with E-state index in [0.29, 0.717) is 4.83 Å². The number of halogens is 1. The number of alkyl halides is 1. The van der Waals surface area contributed by atoms with Crippen LogP contribution in [0, 0.1) is 0 Å². The van der Waals surface area contributed by atoms with Gasteiger partial charge in [-0.05, 0) is 36.3 Å². The Morgan fingerprint density at radius 1 is 1.13 bits per heavy atom. The second kappa shape index (κ2) is 5.16. The van der Waals surface area contributed by atoms with Crippen LogP contribution in [0.1, 0.15) is 49.7 Å². The predicted octanol–water partition coefficient (Wildman–Crippen LogP) is 4.67. The van der Waals surface area contributed by atoms with Crippen molar-refractivity contribution in [3.8, 4) is 0 Å². The monoisotopic (exact) mass is 266 g/mol. The molecule has 0 saturated heterocycles. The highest BCUT2D eigenvalue weighted by Gasteiger charge is 2.23. The lowest BCUT2D eigenvalue weighted by Gasteiger charge is -2.27. The van der Waals surface area contributed by atoms with Crippen LogP contribution in [0.5, 0.6) is 0 Å². The van der Waals surface area contributed by atoms with Crippen molar-refractivity contribution in [2.75, 3.05) is 0 Å². The van der Waals surface area contributed by atoms with Crippen molar-refractivity contribution in [1.29, 1.82) is 0 Å². The molecule has 15 heavy (non-hydrogen) atoms. The van der Waals surface area contributed by atoms with Crippen molar-refractivity contribution in [2.45, 2.75) is 49.8 Å². The molecule has 1 heteroatoms. The summed E-state index contributed by atoms with van der Waals surface area (Å²) in [4.78, 5) is 0.693. The average Bonchev–Trinajstić information content (AvgIpc) is 2.30. The van der Waals surface area contributed by atoms with Crippen molar-refractivity contribution in [1.82, 2.24) is 0 Å². The minimum absolute atomic E-state index is 0.693. The molecule has 1 aromatic carbocycles. The molecular weight excluding hydrogens is 248 g/mol. The fourth-order valence-electron chi connectivity index (χ4n) is 2.46. The number of hydrogen-bond donors (Lipinski definition) is 0. The van der Waals surface area contributed by atoms with Gasteiger partial charge in [0.2, 0.25) is 0 Å². The van der Waals surface area contributed by atoms with Crippen molar-refractivity contribution >= 4 is 15.9 Å². The maximum Gasteiger partial charge on any atom is 0.0214 e. The van der Waals surface area contributed by atoms with Crippen molar-refractivity contribution in [3.63, 3.8) is 0 Å². The summed E-state index contributed by atoms with van der Waals surface area (Å²) in [6.45, 7) is 2.21. The minimum atomic E-state index is 0.693. The van der Waals surface area contributed by atoms with Gasteiger partial charge in [-0.15, -0.1) is 0 Å². The van der Waals surface area contributed by atoms with Crippen LogP contribution in [0.4, 0.5) is 0 Å². The Hall–Kier alpha value is -0.300. The second-order valence-electron chi connectivity index (χ2n) is 4.50. The standard InChI is InChI=1S/C14H19Br/c1-2-11-7-9-12(10-8-11)13-5-3-4-6-14(13)15/h7-10,13-14H,2-6H2,1H3. The zero-order valence-corrected chi connectivity index (χ0v) is 11.0. The molecule has 1 aromatic rings. The number of rotatable bonds is 2. The maximum absolute atomic E-state index is 3.83. The Morgan fingerprint density at radius 3 is 2.40 bits per heavy atom. The van der Waals surface area contributed by atoms with Crippen LogP contribution in [-0.4, -0.2) is 4.83 Å². The van der Waals surface area contributed by atoms with Gasteiger partial charge in [-0.25, -0.2) is 0 Å². The average molecular weight is 267 g/mol. The molecule has 1 fully saturated rings. The van der Waals surface area contributed by atoms with Crippen LogP contribution in [0.2, 0.25) is 0 Å². The van der Waals surface area contributed by atoms with Gasteiger partial charge < -0.3 is 0 Å². The van der Waals surface area contributed by atoms with Gasteiger partial charge in [0.25, 0.3) is 0 Å². The predicted molar refractivity (Wildman–Crippen MR) is 69.7 cm³/mol. The molecule has 2 unspecified atom stereocenters. The summed E-state index contributed by atoms with van der Waals surface area (Å²) in [5.74, 6) is 0.740. The zero-order chi connectivity index (χ0) is 10.7. The van der Waals surface area contributed by atoms with E-state index >= 15 is 0 Å². The first-order chi connectivity index (χ1) is 7.31. The Bertz CT molecular complexity index is 302. The molecule has 2 rings (SSSR count). The summed E-state index contributed by atoms with van der Waals surface area (Å²) in [5, 5.41) is 0. The third-order valence-corrected chi connectivity index (χ3v) is 4.59. The van der Waals surface area contributed by atoms with Crippen molar-refractivity contribution in [3.05, 3.63) is 35.4 Å². The smallest absolute Gasteiger partial charge is 0.0214 e. The van der Waals surface area contributed by atoms with Crippen molar-refractivity contribution < 1.29 is 0 Å². The molecule has 1 saturated carbocycles. The molecule has 0 aromatic heterocycles. The molecular formula is C14H19Br. The maximum atomic E-state index is 3.83. The fraction of sp³-hybridized carbons (Fsp3) is 0.571. The molecule has 82 valence electrons. The Kier molecular flexibility index (Phi) is 3.85. The third kappa shape index (κ3) is 2.63. The van der Waals surface area contributed by atoms with E-state index in [1.54, 1.807) is 0 Å². The molecule has 0 spiro atoms. The van der Waals surface area contributed by atoms with E-state index in [2.05, 4.69) is 47.1 Å². The van der Waals surface area contributed by atoms with Gasteiger partial charge in [0, 0.05) is 4.83 Å². The fourth-order valence-corrected chi connectivity index (χ4v) is 3.35. The highest BCUT2D eigenvalue weighted by atomic mass is 79.9. The molecule has 0 nitrogen and oxygen atoms in total. The summed E-state index contributed by atoms with van der Waals surface area (Å²) in [7, 11) is 0. The van der Waals surface area contributed by atoms with Gasteiger partial charge >= 0.3 is 0 Å². The van der Waals surface area contributed by atoms with Gasteiger partial charge in [-0.1, -0.05) is 60.0 Å². The normalized spacial score (nSPS) is 26.5. The second-order valence-corrected chi connectivity index (χ2v) is 5.68. The summed E-state index contributed by atoms with van der Waals surface area (Å²) < 4.78 is 0. The van der Waals surface area contributed by atoms with Crippen LogP contribution >= 0.6 is 15.9 Å². The molecule has 0 radical (unpaired) electrons. The molecule has 0 bridgehead atoms. The first-order valence-corrected chi connectivity index (χ1v) is 6.95. The SMILES string of the molecule is CCc1ccc(C2CCCCC2Br)cc1. The van der Waals surface area contributed by atoms with E-state index in [0.717, 1.165) is 12.3 Å². The Labute approximate surface area is 101 Å². The van der Waals surface area contributed by atoms with Gasteiger partial charge in [-0.3, -0.25) is 0 Å². The van der Waals surface area contributed by atoms with Gasteiger partial charge in [0.15, 0.2) is 0 Å². The number of aryl methyl sites for hydroxylation is 1. The van der Waals surface area contributed by atoms with Gasteiger partial charge in [-0.2, -0.15) is 0 Å². The van der Waals surface area contributed by atoms with Crippen LogP contribution in [-0.2, 0) is 6.42 Å². The first-order valence-electron chi connectivity index (χ1n) is 6.04. The largest absolute Gasteiger partial charge is 0.0884 e. The van der Waals surface area contributed by atoms with Crippen LogP contribution in [0.15, 0.2) is 24.3 Å². The Morgan fingerprint density at radius 2 is 1.80 bits per heavy atom. The van der Waals surface area contributed by atoms with E-state index in [9.17, 15) is 0 Å². The molecule has 1 aliphatic carbocycles. The van der Waals surface area contributed by atoms with Gasteiger partial charge in [0.05, 0.1) is 0 Å². The van der Waals surface area contributed by atoms with E-state index < -0.39 is 0 Å². The molecule has 1 aliphatic rings. The van der Waals surface area contributed by atoms with E-state index in [1.165, 1.54) is 36.8 Å². The van der Waals surface area contributed by atoms with Crippen LogP contribution < -0.4 is 0 Å². The molecule has 2 atom stereocenters. The minimum Gasteiger partial charge on any atom is -0.0884 e. The molecule has 0 heterocycles. The zero-order valence-electron chi connectivity index (χ0n) is 9.38. The molecule has 0 N–H and O–H groups in total. The lowest BCUT2D eigenvalue weighted by atomic mass is 9.84. The van der Waals surface area contributed by atoms with E-state index in [-0.39, 0.29) is 0 Å². The summed E-state index contributed by atoms with van der Waals surface area (Å²) in [6, 6.07) is 9.21. The number of hydrogen-bond acceptors (Lipinski definition) is 0. The summed E-state index contributed by atoms with van der Waals surface area (Å²) in [6.07, 6.45) is 6.60. The highest BCUT2D eigenvalue weighted by molar-refractivity contribution is 9.09. The topological polar surface area (TPSA) is 0 Å². The Balaban J connectivity index is 2.13. The summed E-state index contributed by atoms with van der Waals surface area (Å²) >= 11 is 3.83. The third-order valence-electron chi connectivity index (χ3n) is 3.50. The van der Waals surface area contributed by atoms with E-state index in [1.807, 2.05) is 0 Å². The lowest BCUT2D eigenvalue weighted by molar-refractivity contribution is 0.461. The molecule has 0 aliphatic heterocycles. The quantitative estimate of drug-likeness (QED) is 0.683. The van der Waals surface area contributed by atoms with Crippen molar-refractivity contribution in [2.24, 2.45) is 0 Å². The summed E-state index contributed by atoms with van der Waals surface area (Å²) in [5.41, 5.74) is 2.97. The van der Waals surface area contributed by atoms with Crippen LogP contribution in [0.25, 0.3) is 0 Å². The van der Waals surface area contributed by atoms with Crippen LogP contribution in [0.3, 0.4) is 0 Å². The van der Waals surface area contributed by atoms with E-state index in [4.69, 9.17) is 0 Å². The number of benzene rings is 1. The molecule has 0 amide bonds.